The maximum absolute atomic E-state index is 13.0. The second kappa shape index (κ2) is 78.5. The Balaban J connectivity index is 4.63. The van der Waals surface area contributed by atoms with Gasteiger partial charge in [-0.25, -0.2) is 9.13 Å². The molecule has 5 unspecified atom stereocenters. The summed E-state index contributed by atoms with van der Waals surface area (Å²) in [5.74, 6) is -1.62. The van der Waals surface area contributed by atoms with Gasteiger partial charge in [-0.05, 0) is 148 Å². The molecule has 0 radical (unpaired) electrons. The summed E-state index contributed by atoms with van der Waals surface area (Å²) in [6.07, 6.45) is 99.6. The van der Waals surface area contributed by atoms with Crippen molar-refractivity contribution < 1.29 is 75.8 Å². The normalized spacial score (nSPS) is 14.8. The standard InChI is InChI=1S/C87H144O16P2/c1-4-7-10-13-16-19-22-25-28-31-33-35-37-39-40-42-44-45-47-50-52-55-58-61-64-67-70-73-85(90)97-76-82(88)77-99-104(93,94)100-78-83(89)79-101-105(95,96)102-81-84(103-87(92)75-72-69-66-63-60-57-54-49-30-27-24-21-18-15-12-9-6-3)80-98-86(91)74-71-68-65-62-59-56-53-51-48-46-43-41-38-36-34-32-29-26-23-20-17-14-11-8-5-2/h7-12,16-21,25-30,33-36,39-41,43,54,57,82-84,88-89H,4-6,13-15,22-24,31-32,37-38,42,44-53,55-56,58-81H2,1-3H3,(H,93,94)(H,95,96)/b10-7-,11-8-,12-9-,19-16-,20-17-,21-18-,28-25-,29-26-,30-27-,35-33-,36-34-,40-39-,43-41-,57-54-. The van der Waals surface area contributed by atoms with Crippen molar-refractivity contribution in [1.82, 2.24) is 0 Å². The lowest BCUT2D eigenvalue weighted by molar-refractivity contribution is -0.161. The van der Waals surface area contributed by atoms with Crippen molar-refractivity contribution >= 4 is 33.6 Å². The molecule has 0 aromatic carbocycles. The molecule has 0 rings (SSSR count). The molecule has 0 aliphatic carbocycles. The van der Waals surface area contributed by atoms with Crippen LogP contribution in [0.4, 0.5) is 0 Å². The molecule has 0 aliphatic rings. The highest BCUT2D eigenvalue weighted by Crippen LogP contribution is 2.45. The summed E-state index contributed by atoms with van der Waals surface area (Å²) in [4.78, 5) is 58.7. The van der Waals surface area contributed by atoms with Gasteiger partial charge in [-0.15, -0.1) is 0 Å². The van der Waals surface area contributed by atoms with E-state index < -0.39 is 91.5 Å². The third-order valence-corrected chi connectivity index (χ3v) is 18.3. The first-order chi connectivity index (χ1) is 51.2. The van der Waals surface area contributed by atoms with Crippen LogP contribution in [0.2, 0.25) is 0 Å². The van der Waals surface area contributed by atoms with E-state index in [0.29, 0.717) is 19.3 Å². The van der Waals surface area contributed by atoms with E-state index in [4.69, 9.17) is 32.3 Å². The lowest BCUT2D eigenvalue weighted by Crippen LogP contribution is -2.30. The van der Waals surface area contributed by atoms with E-state index in [2.05, 4.69) is 191 Å². The second-order valence-electron chi connectivity index (χ2n) is 26.4. The summed E-state index contributed by atoms with van der Waals surface area (Å²) in [6.45, 7) is 2.30. The Morgan fingerprint density at radius 1 is 0.267 bits per heavy atom. The number of ether oxygens (including phenoxy) is 3. The minimum absolute atomic E-state index is 0.0697. The van der Waals surface area contributed by atoms with Gasteiger partial charge in [0.05, 0.1) is 26.4 Å². The van der Waals surface area contributed by atoms with Gasteiger partial charge in [-0.2, -0.15) is 0 Å². The molecule has 0 amide bonds. The number of esters is 3. The summed E-state index contributed by atoms with van der Waals surface area (Å²) in [7, 11) is -9.81. The average Bonchev–Trinajstić information content (AvgIpc) is 0.911. The van der Waals surface area contributed by atoms with E-state index in [9.17, 15) is 43.5 Å². The number of phosphoric acid groups is 2. The quantitative estimate of drug-likeness (QED) is 0.0146. The highest BCUT2D eigenvalue weighted by molar-refractivity contribution is 7.47. The molecule has 4 N–H and O–H groups in total. The molecular formula is C87H144O16P2. The Hall–Kier alpha value is -5.09. The zero-order chi connectivity index (χ0) is 76.6. The predicted octanol–water partition coefficient (Wildman–Crippen LogP) is 24.0. The van der Waals surface area contributed by atoms with Crippen LogP contribution >= 0.6 is 15.6 Å². The van der Waals surface area contributed by atoms with E-state index in [1.54, 1.807) is 0 Å². The summed E-state index contributed by atoms with van der Waals surface area (Å²) in [5, 5.41) is 20.7. The first kappa shape index (κ1) is 99.9. The maximum Gasteiger partial charge on any atom is 0.472 e. The van der Waals surface area contributed by atoms with E-state index in [0.717, 1.165) is 173 Å². The largest absolute Gasteiger partial charge is 0.472 e. The van der Waals surface area contributed by atoms with E-state index in [1.807, 2.05) is 0 Å². The molecular weight excluding hydrogens is 1360 g/mol. The van der Waals surface area contributed by atoms with Gasteiger partial charge in [0.1, 0.15) is 25.4 Å². The van der Waals surface area contributed by atoms with Gasteiger partial charge in [-0.1, -0.05) is 306 Å². The SMILES string of the molecule is CC/C=C\C/C=C\C/C=C\C/C=C\C/C=C\CCCCCCCCCCCCCC(=O)OCC(O)COP(=O)(O)OCC(O)COP(=O)(O)OCC(COC(=O)CCCCCCCCCCC/C=C\C/C=C\C/C=C\C/C=C\C/C=C\CC)OC(=O)CCCCCC/C=C\C/C=C\C/C=C\C/C=C\CC. The number of aliphatic hydroxyl groups is 2. The molecule has 0 aromatic heterocycles. The van der Waals surface area contributed by atoms with Gasteiger partial charge in [-0.3, -0.25) is 32.5 Å². The van der Waals surface area contributed by atoms with Crippen molar-refractivity contribution in [3.05, 3.63) is 170 Å². The van der Waals surface area contributed by atoms with Crippen LogP contribution in [-0.2, 0) is 55.8 Å². The predicted molar refractivity (Wildman–Crippen MR) is 435 cm³/mol. The van der Waals surface area contributed by atoms with Crippen LogP contribution in [0.3, 0.4) is 0 Å². The summed E-state index contributed by atoms with van der Waals surface area (Å²) >= 11 is 0. The van der Waals surface area contributed by atoms with E-state index in [-0.39, 0.29) is 19.3 Å². The summed E-state index contributed by atoms with van der Waals surface area (Å²) in [5.41, 5.74) is 0. The zero-order valence-electron chi connectivity index (χ0n) is 65.3. The number of aliphatic hydroxyl groups excluding tert-OH is 2. The fourth-order valence-electron chi connectivity index (χ4n) is 10.4. The minimum atomic E-state index is -4.95. The second-order valence-corrected chi connectivity index (χ2v) is 29.3. The Morgan fingerprint density at radius 2 is 0.476 bits per heavy atom. The number of carbonyl (C=O) groups excluding carboxylic acids is 3. The van der Waals surface area contributed by atoms with Crippen molar-refractivity contribution in [2.45, 2.75) is 322 Å². The van der Waals surface area contributed by atoms with Crippen LogP contribution in [0.25, 0.3) is 0 Å². The van der Waals surface area contributed by atoms with Crippen molar-refractivity contribution in [2.75, 3.05) is 39.6 Å². The minimum Gasteiger partial charge on any atom is -0.463 e. The van der Waals surface area contributed by atoms with Crippen LogP contribution in [0.5, 0.6) is 0 Å². The molecule has 0 heterocycles. The van der Waals surface area contributed by atoms with Gasteiger partial charge >= 0.3 is 33.6 Å². The van der Waals surface area contributed by atoms with Crippen LogP contribution < -0.4 is 0 Å². The third-order valence-electron chi connectivity index (χ3n) is 16.4. The number of allylic oxidation sites excluding steroid dienone is 28. The van der Waals surface area contributed by atoms with Crippen molar-refractivity contribution in [3.8, 4) is 0 Å². The first-order valence-electron chi connectivity index (χ1n) is 40.4. The summed E-state index contributed by atoms with van der Waals surface area (Å²) in [6, 6.07) is 0. The number of hydrogen-bond acceptors (Lipinski definition) is 14. The third kappa shape index (κ3) is 79.8. The molecule has 0 fully saturated rings. The van der Waals surface area contributed by atoms with Gasteiger partial charge in [0, 0.05) is 19.3 Å². The van der Waals surface area contributed by atoms with E-state index in [1.165, 1.54) is 70.6 Å². The lowest BCUT2D eigenvalue weighted by Gasteiger charge is -2.21. The molecule has 5 atom stereocenters. The van der Waals surface area contributed by atoms with Crippen molar-refractivity contribution in [3.63, 3.8) is 0 Å². The molecule has 0 saturated carbocycles. The molecule has 0 aliphatic heterocycles. The molecule has 105 heavy (non-hydrogen) atoms. The van der Waals surface area contributed by atoms with Gasteiger partial charge in [0.15, 0.2) is 6.10 Å². The first-order valence-corrected chi connectivity index (χ1v) is 43.4. The smallest absolute Gasteiger partial charge is 0.463 e. The number of phosphoric ester groups is 2. The highest BCUT2D eigenvalue weighted by Gasteiger charge is 2.29. The molecule has 598 valence electrons. The van der Waals surface area contributed by atoms with Crippen LogP contribution in [0.15, 0.2) is 170 Å². The topological polar surface area (TPSA) is 231 Å². The fourth-order valence-corrected chi connectivity index (χ4v) is 12.0. The Bertz CT molecular complexity index is 2590. The Morgan fingerprint density at radius 3 is 0.752 bits per heavy atom. The van der Waals surface area contributed by atoms with Crippen molar-refractivity contribution in [2.24, 2.45) is 0 Å². The molecule has 18 heteroatoms. The van der Waals surface area contributed by atoms with Crippen LogP contribution in [-0.4, -0.2) is 95.9 Å². The molecule has 16 nitrogen and oxygen atoms in total. The molecule has 0 spiro atoms. The zero-order valence-corrected chi connectivity index (χ0v) is 67.1. The lowest BCUT2D eigenvalue weighted by atomic mass is 10.0. The molecule has 0 saturated heterocycles. The van der Waals surface area contributed by atoms with Crippen molar-refractivity contribution in [1.29, 1.82) is 0 Å². The van der Waals surface area contributed by atoms with Gasteiger partial charge in [0.2, 0.25) is 0 Å². The van der Waals surface area contributed by atoms with Gasteiger partial charge < -0.3 is 34.2 Å². The molecule has 0 bridgehead atoms. The Kier molecular flexibility index (Phi) is 74.7. The van der Waals surface area contributed by atoms with E-state index >= 15 is 0 Å². The summed E-state index contributed by atoms with van der Waals surface area (Å²) < 4.78 is 61.2. The number of carbonyl (C=O) groups is 3. The average molecular weight is 1510 g/mol. The highest BCUT2D eigenvalue weighted by atomic mass is 31.2. The monoisotopic (exact) mass is 1510 g/mol. The Labute approximate surface area is 637 Å². The maximum atomic E-state index is 13.0. The number of unbranched alkanes of at least 4 members (excludes halogenated alkanes) is 24. The molecule has 0 aromatic rings. The number of rotatable bonds is 75. The number of hydrogen-bond donors (Lipinski definition) is 4. The van der Waals surface area contributed by atoms with Gasteiger partial charge in [0.25, 0.3) is 0 Å². The fraction of sp³-hybridized carbons (Fsp3) is 0.644. The van der Waals surface area contributed by atoms with Crippen LogP contribution in [0, 0.1) is 0 Å². The van der Waals surface area contributed by atoms with Crippen LogP contribution in [0.1, 0.15) is 303 Å².